The van der Waals surface area contributed by atoms with E-state index < -0.39 is 6.10 Å². The quantitative estimate of drug-likeness (QED) is 0.0261. The summed E-state index contributed by atoms with van der Waals surface area (Å²) in [6.07, 6.45) is 94.3. The van der Waals surface area contributed by atoms with Crippen molar-refractivity contribution < 1.29 is 28.6 Å². The van der Waals surface area contributed by atoms with Crippen LogP contribution in [0.3, 0.4) is 0 Å². The lowest BCUT2D eigenvalue weighted by Crippen LogP contribution is -2.30. The van der Waals surface area contributed by atoms with Crippen LogP contribution >= 0.6 is 0 Å². The molecule has 0 heterocycles. The fourth-order valence-electron chi connectivity index (χ4n) is 9.70. The number of carbonyl (C=O) groups is 3. The molecule has 1 atom stereocenters. The molecule has 0 amide bonds. The van der Waals surface area contributed by atoms with Gasteiger partial charge in [-0.1, -0.05) is 316 Å². The van der Waals surface area contributed by atoms with Crippen LogP contribution in [0, 0.1) is 0 Å². The van der Waals surface area contributed by atoms with E-state index >= 15 is 0 Å². The zero-order chi connectivity index (χ0) is 58.5. The smallest absolute Gasteiger partial charge is 0.306 e. The molecule has 6 nitrogen and oxygen atoms in total. The molecule has 0 aromatic carbocycles. The number of carbonyl (C=O) groups excluding carboxylic acids is 3. The summed E-state index contributed by atoms with van der Waals surface area (Å²) in [5, 5.41) is 0. The van der Waals surface area contributed by atoms with Gasteiger partial charge in [0.05, 0.1) is 0 Å². The highest BCUT2D eigenvalue weighted by atomic mass is 16.6. The standard InChI is InChI=1S/C75H128O6/c1-4-7-10-13-16-18-20-22-24-26-28-30-31-32-33-34-35-36-37-38-39-40-41-42-43-45-46-48-50-52-54-56-59-62-65-68-74(77)80-71-72(70-79-73(76)67-64-61-58-15-12-9-6-3)81-75(78)69-66-63-60-57-55-53-51-49-47-44-29-27-25-23-21-19-17-14-11-8-5-2/h7-8,10-11,16-19,22-25,28-30,32-33,44,72H,4-6,9,12-15,20-21,26-27,31,34-43,45-71H2,1-3H3/b10-7-,11-8-,18-16-,19-17-,24-22-,25-23-,30-28-,33-32-,44-29-. The van der Waals surface area contributed by atoms with Crippen molar-refractivity contribution in [1.29, 1.82) is 0 Å². The van der Waals surface area contributed by atoms with Gasteiger partial charge in [0, 0.05) is 19.3 Å². The Hall–Kier alpha value is -3.93. The van der Waals surface area contributed by atoms with E-state index in [2.05, 4.69) is 130 Å². The summed E-state index contributed by atoms with van der Waals surface area (Å²) < 4.78 is 16.9. The molecule has 0 saturated carbocycles. The minimum Gasteiger partial charge on any atom is -0.462 e. The minimum absolute atomic E-state index is 0.0775. The van der Waals surface area contributed by atoms with Crippen LogP contribution in [0.5, 0.6) is 0 Å². The Morgan fingerprint density at radius 3 is 0.753 bits per heavy atom. The van der Waals surface area contributed by atoms with Crippen LogP contribution < -0.4 is 0 Å². The lowest BCUT2D eigenvalue weighted by Gasteiger charge is -2.18. The summed E-state index contributed by atoms with van der Waals surface area (Å²) in [6, 6.07) is 0. The largest absolute Gasteiger partial charge is 0.462 e. The number of esters is 3. The van der Waals surface area contributed by atoms with Gasteiger partial charge < -0.3 is 14.2 Å². The molecule has 81 heavy (non-hydrogen) atoms. The lowest BCUT2D eigenvalue weighted by atomic mass is 10.0. The Balaban J connectivity index is 4.02. The van der Waals surface area contributed by atoms with Gasteiger partial charge in [-0.3, -0.25) is 14.4 Å². The number of unbranched alkanes of at least 4 members (excludes halogenated alkanes) is 33. The van der Waals surface area contributed by atoms with Crippen LogP contribution in [0.2, 0.25) is 0 Å². The number of ether oxygens (including phenoxy) is 3. The topological polar surface area (TPSA) is 78.9 Å². The second kappa shape index (κ2) is 68.6. The molecule has 0 bridgehead atoms. The van der Waals surface area contributed by atoms with Gasteiger partial charge >= 0.3 is 17.9 Å². The Morgan fingerprint density at radius 1 is 0.259 bits per heavy atom. The van der Waals surface area contributed by atoms with Gasteiger partial charge in [-0.2, -0.15) is 0 Å². The summed E-state index contributed by atoms with van der Waals surface area (Å²) in [4.78, 5) is 38.1. The molecule has 0 radical (unpaired) electrons. The molecule has 0 fully saturated rings. The maximum absolute atomic E-state index is 12.9. The van der Waals surface area contributed by atoms with Crippen molar-refractivity contribution in [2.24, 2.45) is 0 Å². The van der Waals surface area contributed by atoms with Crippen LogP contribution in [-0.4, -0.2) is 37.2 Å². The van der Waals surface area contributed by atoms with Crippen LogP contribution in [0.4, 0.5) is 0 Å². The summed E-state index contributed by atoms with van der Waals surface area (Å²) >= 11 is 0. The third-order valence-electron chi connectivity index (χ3n) is 14.8. The van der Waals surface area contributed by atoms with Crippen molar-refractivity contribution in [3.05, 3.63) is 109 Å². The average Bonchev–Trinajstić information content (AvgIpc) is 3.47. The highest BCUT2D eigenvalue weighted by Gasteiger charge is 2.19. The number of hydrogen-bond acceptors (Lipinski definition) is 6. The van der Waals surface area contributed by atoms with E-state index in [0.717, 1.165) is 122 Å². The molecule has 0 saturated heterocycles. The molecule has 0 aliphatic carbocycles. The van der Waals surface area contributed by atoms with Crippen molar-refractivity contribution in [3.8, 4) is 0 Å². The maximum Gasteiger partial charge on any atom is 0.306 e. The molecule has 464 valence electrons. The summed E-state index contributed by atoms with van der Waals surface area (Å²) in [7, 11) is 0. The van der Waals surface area contributed by atoms with Gasteiger partial charge in [0.2, 0.25) is 0 Å². The second-order valence-electron chi connectivity index (χ2n) is 22.7. The predicted molar refractivity (Wildman–Crippen MR) is 353 cm³/mol. The van der Waals surface area contributed by atoms with E-state index in [1.54, 1.807) is 0 Å². The minimum atomic E-state index is -0.779. The Kier molecular flexibility index (Phi) is 65.2. The first kappa shape index (κ1) is 77.1. The van der Waals surface area contributed by atoms with Gasteiger partial charge in [0.25, 0.3) is 0 Å². The molecule has 0 rings (SSSR count). The molecular weight excluding hydrogens is 997 g/mol. The molecule has 6 heteroatoms. The van der Waals surface area contributed by atoms with Crippen LogP contribution in [0.15, 0.2) is 109 Å². The van der Waals surface area contributed by atoms with Crippen LogP contribution in [-0.2, 0) is 28.6 Å². The van der Waals surface area contributed by atoms with Gasteiger partial charge in [-0.05, 0) is 103 Å². The number of allylic oxidation sites excluding steroid dienone is 18. The van der Waals surface area contributed by atoms with E-state index in [1.165, 1.54) is 167 Å². The van der Waals surface area contributed by atoms with E-state index in [9.17, 15) is 14.4 Å². The average molecular weight is 1130 g/mol. The van der Waals surface area contributed by atoms with Gasteiger partial charge in [0.1, 0.15) is 13.2 Å². The second-order valence-corrected chi connectivity index (χ2v) is 22.7. The third kappa shape index (κ3) is 66.8. The number of rotatable bonds is 62. The summed E-state index contributed by atoms with van der Waals surface area (Å²) in [6.45, 7) is 6.39. The summed E-state index contributed by atoms with van der Waals surface area (Å²) in [5.41, 5.74) is 0. The Labute approximate surface area is 501 Å². The number of hydrogen-bond donors (Lipinski definition) is 0. The first-order valence-electron chi connectivity index (χ1n) is 34.4. The monoisotopic (exact) mass is 1120 g/mol. The van der Waals surface area contributed by atoms with Gasteiger partial charge in [-0.25, -0.2) is 0 Å². The molecule has 0 aliphatic rings. The fraction of sp³-hybridized carbons (Fsp3) is 0.720. The normalized spacial score (nSPS) is 12.8. The zero-order valence-electron chi connectivity index (χ0n) is 53.3. The molecule has 0 N–H and O–H groups in total. The molecule has 0 aliphatic heterocycles. The first-order chi connectivity index (χ1) is 40.0. The molecular formula is C75H128O6. The maximum atomic E-state index is 12.9. The van der Waals surface area contributed by atoms with E-state index in [1.807, 2.05) is 0 Å². The highest BCUT2D eigenvalue weighted by molar-refractivity contribution is 5.71. The third-order valence-corrected chi connectivity index (χ3v) is 14.8. The first-order valence-corrected chi connectivity index (χ1v) is 34.4. The van der Waals surface area contributed by atoms with Crippen LogP contribution in [0.25, 0.3) is 0 Å². The molecule has 0 aromatic heterocycles. The van der Waals surface area contributed by atoms with Gasteiger partial charge in [0.15, 0.2) is 6.10 Å². The van der Waals surface area contributed by atoms with Crippen molar-refractivity contribution >= 4 is 17.9 Å². The Morgan fingerprint density at radius 2 is 0.481 bits per heavy atom. The van der Waals surface area contributed by atoms with Crippen molar-refractivity contribution in [3.63, 3.8) is 0 Å². The van der Waals surface area contributed by atoms with E-state index in [-0.39, 0.29) is 31.1 Å². The Bertz CT molecular complexity index is 1620. The van der Waals surface area contributed by atoms with E-state index in [0.29, 0.717) is 19.3 Å². The van der Waals surface area contributed by atoms with Crippen LogP contribution in [0.1, 0.15) is 329 Å². The van der Waals surface area contributed by atoms with E-state index in [4.69, 9.17) is 14.2 Å². The highest BCUT2D eigenvalue weighted by Crippen LogP contribution is 2.17. The fourth-order valence-corrected chi connectivity index (χ4v) is 9.70. The van der Waals surface area contributed by atoms with Crippen molar-refractivity contribution in [1.82, 2.24) is 0 Å². The zero-order valence-corrected chi connectivity index (χ0v) is 53.3. The SMILES string of the molecule is CC/C=C\C/C=C\C/C=C\C/C=C\C/C=C\CCCCCCCCCCCCCCCCCCCCCC(=O)OCC(COC(=O)CCCCCCCCC)OC(=O)CCCCCCCCCC/C=C\C/C=C\C/C=C\C/C=C\CC. The predicted octanol–water partition coefficient (Wildman–Crippen LogP) is 23.8. The molecule has 0 spiro atoms. The molecule has 1 unspecified atom stereocenters. The van der Waals surface area contributed by atoms with Crippen molar-refractivity contribution in [2.45, 2.75) is 335 Å². The van der Waals surface area contributed by atoms with Crippen molar-refractivity contribution in [2.75, 3.05) is 13.2 Å². The summed E-state index contributed by atoms with van der Waals surface area (Å²) in [5.74, 6) is -0.880. The lowest BCUT2D eigenvalue weighted by molar-refractivity contribution is -0.167. The molecule has 0 aromatic rings. The van der Waals surface area contributed by atoms with Gasteiger partial charge in [-0.15, -0.1) is 0 Å².